The monoisotopic (exact) mass is 490 g/mol. The fourth-order valence-electron chi connectivity index (χ4n) is 4.35. The molecule has 0 bridgehead atoms. The zero-order valence-electron chi connectivity index (χ0n) is 18.4. The Kier molecular flexibility index (Phi) is 6.11. The highest BCUT2D eigenvalue weighted by atomic mass is 31.0. The van der Waals surface area contributed by atoms with Crippen LogP contribution in [-0.2, 0) is 4.79 Å². The number of hydrogen-bond acceptors (Lipinski definition) is 6. The number of aromatic nitrogens is 5. The van der Waals surface area contributed by atoms with Crippen LogP contribution in [0.5, 0.6) is 0 Å². The SMILES string of the molecule is CC1C=CC[C@H](C(=O)O)[C@H]1Nc1nc(-c2c[nH]c3ncc(P)cc23)nc(-c2ccncc2)c1P. The number of aliphatic carboxylic acids is 1. The number of nitrogens with zero attached hydrogens (tertiary/aromatic N) is 4. The quantitative estimate of drug-likeness (QED) is 0.291. The van der Waals surface area contributed by atoms with Gasteiger partial charge < -0.3 is 15.4 Å². The van der Waals surface area contributed by atoms with Gasteiger partial charge in [0, 0.05) is 52.6 Å². The molecule has 3 unspecified atom stereocenters. The van der Waals surface area contributed by atoms with Crippen molar-refractivity contribution >= 4 is 51.9 Å². The number of anilines is 1. The first-order valence-corrected chi connectivity index (χ1v) is 12.0. The van der Waals surface area contributed by atoms with E-state index in [9.17, 15) is 9.90 Å². The Morgan fingerprint density at radius 2 is 2.03 bits per heavy atom. The third-order valence-corrected chi connectivity index (χ3v) is 7.01. The first kappa shape index (κ1) is 22.6. The molecule has 1 aliphatic carbocycles. The first-order valence-electron chi connectivity index (χ1n) is 10.9. The molecule has 5 rings (SSSR count). The fourth-order valence-corrected chi connectivity index (χ4v) is 4.97. The number of allylic oxidation sites excluding steroid dienone is 1. The number of fused-ring (bicyclic) bond motifs is 1. The molecule has 4 heterocycles. The topological polar surface area (TPSA) is 117 Å². The van der Waals surface area contributed by atoms with Gasteiger partial charge in [0.15, 0.2) is 5.82 Å². The minimum atomic E-state index is -0.821. The number of rotatable bonds is 5. The lowest BCUT2D eigenvalue weighted by Gasteiger charge is -2.32. The van der Waals surface area contributed by atoms with Gasteiger partial charge in [-0.25, -0.2) is 15.0 Å². The molecule has 0 spiro atoms. The second-order valence-corrected chi connectivity index (χ2v) is 9.64. The Labute approximate surface area is 201 Å². The highest BCUT2D eigenvalue weighted by Crippen LogP contribution is 2.31. The number of pyridine rings is 2. The van der Waals surface area contributed by atoms with Gasteiger partial charge in [-0.1, -0.05) is 28.3 Å². The van der Waals surface area contributed by atoms with E-state index in [1.807, 2.05) is 37.4 Å². The van der Waals surface area contributed by atoms with Crippen molar-refractivity contribution in [1.82, 2.24) is 24.9 Å². The Bertz CT molecular complexity index is 1410. The van der Waals surface area contributed by atoms with Crippen LogP contribution < -0.4 is 15.9 Å². The van der Waals surface area contributed by atoms with E-state index in [4.69, 9.17) is 9.97 Å². The van der Waals surface area contributed by atoms with Gasteiger partial charge in [-0.2, -0.15) is 0 Å². The molecule has 3 N–H and O–H groups in total. The number of aromatic amines is 1. The Morgan fingerprint density at radius 1 is 1.24 bits per heavy atom. The van der Waals surface area contributed by atoms with Gasteiger partial charge in [-0.15, -0.1) is 9.24 Å². The number of nitrogens with one attached hydrogen (secondary N) is 2. The van der Waals surface area contributed by atoms with Crippen molar-refractivity contribution in [1.29, 1.82) is 0 Å². The van der Waals surface area contributed by atoms with Gasteiger partial charge >= 0.3 is 5.97 Å². The van der Waals surface area contributed by atoms with Crippen molar-refractivity contribution < 1.29 is 9.90 Å². The van der Waals surface area contributed by atoms with E-state index in [0.29, 0.717) is 18.1 Å². The van der Waals surface area contributed by atoms with Crippen LogP contribution in [0.2, 0.25) is 0 Å². The average Bonchev–Trinajstić information content (AvgIpc) is 3.25. The molecule has 0 aliphatic heterocycles. The molecule has 5 atom stereocenters. The number of H-pyrrole nitrogens is 1. The summed E-state index contributed by atoms with van der Waals surface area (Å²) in [4.78, 5) is 33.5. The van der Waals surface area contributed by atoms with Crippen molar-refractivity contribution in [2.45, 2.75) is 19.4 Å². The molecule has 0 aromatic carbocycles. The van der Waals surface area contributed by atoms with Crippen LogP contribution in [0.4, 0.5) is 5.82 Å². The average molecular weight is 490 g/mol. The molecule has 172 valence electrons. The predicted octanol–water partition coefficient (Wildman–Crippen LogP) is 3.16. The summed E-state index contributed by atoms with van der Waals surface area (Å²) in [5, 5.41) is 15.9. The summed E-state index contributed by atoms with van der Waals surface area (Å²) in [6.45, 7) is 2.02. The third-order valence-electron chi connectivity index (χ3n) is 6.14. The minimum Gasteiger partial charge on any atom is -0.481 e. The molecule has 0 saturated carbocycles. The summed E-state index contributed by atoms with van der Waals surface area (Å²) in [6, 6.07) is 5.50. The van der Waals surface area contributed by atoms with E-state index in [1.54, 1.807) is 18.6 Å². The summed E-state index contributed by atoms with van der Waals surface area (Å²) in [5.41, 5.74) is 3.19. The fraction of sp³-hybridized carbons (Fsp3) is 0.208. The lowest BCUT2D eigenvalue weighted by atomic mass is 9.82. The highest BCUT2D eigenvalue weighted by Gasteiger charge is 2.34. The summed E-state index contributed by atoms with van der Waals surface area (Å²) in [6.07, 6.45) is 11.5. The van der Waals surface area contributed by atoms with Crippen LogP contribution in [0.15, 0.2) is 55.1 Å². The molecule has 0 amide bonds. The smallest absolute Gasteiger partial charge is 0.308 e. The Morgan fingerprint density at radius 3 is 2.79 bits per heavy atom. The molecule has 8 nitrogen and oxygen atoms in total. The molecule has 0 fully saturated rings. The van der Waals surface area contributed by atoms with Crippen molar-refractivity contribution in [3.63, 3.8) is 0 Å². The van der Waals surface area contributed by atoms with E-state index in [-0.39, 0.29) is 12.0 Å². The van der Waals surface area contributed by atoms with Gasteiger partial charge in [0.2, 0.25) is 0 Å². The maximum atomic E-state index is 12.0. The summed E-state index contributed by atoms with van der Waals surface area (Å²) in [5.74, 6) is -0.235. The van der Waals surface area contributed by atoms with Crippen molar-refractivity contribution in [2.75, 3.05) is 5.32 Å². The number of carboxylic acid groups (broad SMARTS) is 1. The molecular weight excluding hydrogens is 466 g/mol. The van der Waals surface area contributed by atoms with E-state index < -0.39 is 11.9 Å². The van der Waals surface area contributed by atoms with E-state index >= 15 is 0 Å². The summed E-state index contributed by atoms with van der Waals surface area (Å²) in [7, 11) is 5.38. The zero-order chi connectivity index (χ0) is 23.8. The normalized spacial score (nSPS) is 19.9. The maximum absolute atomic E-state index is 12.0. The van der Waals surface area contributed by atoms with Gasteiger partial charge in [-0.3, -0.25) is 9.78 Å². The molecular formula is C24H24N6O2P2. The van der Waals surface area contributed by atoms with Crippen LogP contribution in [-0.4, -0.2) is 42.0 Å². The van der Waals surface area contributed by atoms with E-state index in [1.165, 1.54) is 0 Å². The van der Waals surface area contributed by atoms with Crippen molar-refractivity contribution in [3.8, 4) is 22.6 Å². The molecule has 0 saturated heterocycles. The van der Waals surface area contributed by atoms with Crippen LogP contribution >= 0.6 is 18.5 Å². The summed E-state index contributed by atoms with van der Waals surface area (Å²) >= 11 is 0. The van der Waals surface area contributed by atoms with E-state index in [0.717, 1.165) is 38.5 Å². The van der Waals surface area contributed by atoms with Gasteiger partial charge in [0.1, 0.15) is 11.5 Å². The van der Waals surface area contributed by atoms with Gasteiger partial charge in [0.05, 0.1) is 11.6 Å². The largest absolute Gasteiger partial charge is 0.481 e. The highest BCUT2D eigenvalue weighted by molar-refractivity contribution is 7.28. The van der Waals surface area contributed by atoms with E-state index in [2.05, 4.69) is 44.8 Å². The number of hydrogen-bond donors (Lipinski definition) is 3. The lowest BCUT2D eigenvalue weighted by Crippen LogP contribution is -2.41. The van der Waals surface area contributed by atoms with Crippen LogP contribution in [0.25, 0.3) is 33.7 Å². The van der Waals surface area contributed by atoms with Gasteiger partial charge in [-0.05, 0) is 35.8 Å². The minimum absolute atomic E-state index is 0.0269. The molecule has 34 heavy (non-hydrogen) atoms. The van der Waals surface area contributed by atoms with Crippen LogP contribution in [0.1, 0.15) is 13.3 Å². The maximum Gasteiger partial charge on any atom is 0.308 e. The Balaban J connectivity index is 1.67. The second kappa shape index (κ2) is 9.21. The Hall–Kier alpha value is -3.21. The van der Waals surface area contributed by atoms with Crippen LogP contribution in [0, 0.1) is 11.8 Å². The third kappa shape index (κ3) is 4.20. The first-order chi connectivity index (χ1) is 16.4. The second-order valence-electron chi connectivity index (χ2n) is 8.40. The lowest BCUT2D eigenvalue weighted by molar-refractivity contribution is -0.142. The molecule has 4 aromatic heterocycles. The molecule has 0 radical (unpaired) electrons. The standard InChI is InChI=1S/C24H24N6O2P2/c1-12-3-2-4-15(24(31)32)18(12)28-23-20(34)19(13-5-7-25-8-6-13)29-22(30-23)17-11-27-21-16(17)9-14(33)10-26-21/h2-3,5-12,15,18H,4,33-34H2,1H3,(H,26,27)(H,31,32)(H,28,29,30)/t12?,15-,18-/m0/s1. The van der Waals surface area contributed by atoms with Crippen molar-refractivity contribution in [2.24, 2.45) is 11.8 Å². The predicted molar refractivity (Wildman–Crippen MR) is 140 cm³/mol. The zero-order valence-corrected chi connectivity index (χ0v) is 20.7. The summed E-state index contributed by atoms with van der Waals surface area (Å²) < 4.78 is 0. The van der Waals surface area contributed by atoms with Gasteiger partial charge in [0.25, 0.3) is 0 Å². The molecule has 1 aliphatic rings. The van der Waals surface area contributed by atoms with Crippen molar-refractivity contribution in [3.05, 3.63) is 55.1 Å². The van der Waals surface area contributed by atoms with Crippen LogP contribution in [0.3, 0.4) is 0 Å². The molecule has 4 aromatic rings. The number of carbonyl (C=O) groups is 1. The number of carboxylic acids is 1. The molecule has 10 heteroatoms.